The smallest absolute Gasteiger partial charge is 0.0745 e. The topological polar surface area (TPSA) is 47.9 Å². The van der Waals surface area contributed by atoms with Gasteiger partial charge in [0.25, 0.3) is 0 Å². The monoisotopic (exact) mass is 196 g/mol. The van der Waals surface area contributed by atoms with Gasteiger partial charge in [-0.1, -0.05) is 0 Å². The summed E-state index contributed by atoms with van der Waals surface area (Å²) in [5.41, 5.74) is 4.24. The molecular formula is C12H22NO+. The fourth-order valence-electron chi connectivity index (χ4n) is 5.07. The molecule has 0 radical (unpaired) electrons. The maximum absolute atomic E-state index is 10.5. The molecule has 4 aliphatic carbocycles. The molecule has 4 bridgehead atoms. The van der Waals surface area contributed by atoms with Crippen LogP contribution >= 0.6 is 0 Å². The first kappa shape index (κ1) is 9.17. The Balaban J connectivity index is 1.89. The molecule has 4 N–H and O–H groups in total. The quantitative estimate of drug-likeness (QED) is 0.678. The average Bonchev–Trinajstić information content (AvgIpc) is 1.97. The van der Waals surface area contributed by atoms with Crippen molar-refractivity contribution in [2.24, 2.45) is 17.3 Å². The average molecular weight is 196 g/mol. The van der Waals surface area contributed by atoms with Crippen molar-refractivity contribution < 1.29 is 10.8 Å². The largest absolute Gasteiger partial charge is 0.390 e. The van der Waals surface area contributed by atoms with Crippen molar-refractivity contribution in [3.63, 3.8) is 0 Å². The minimum Gasteiger partial charge on any atom is -0.390 e. The second-order valence-electron chi connectivity index (χ2n) is 6.29. The van der Waals surface area contributed by atoms with Crippen LogP contribution in [0.3, 0.4) is 0 Å². The van der Waals surface area contributed by atoms with E-state index in [-0.39, 0.29) is 5.60 Å². The van der Waals surface area contributed by atoms with Crippen LogP contribution in [0.15, 0.2) is 0 Å². The van der Waals surface area contributed by atoms with Gasteiger partial charge in [0, 0.05) is 6.42 Å². The first-order valence-corrected chi connectivity index (χ1v) is 6.15. The van der Waals surface area contributed by atoms with Gasteiger partial charge in [0.2, 0.25) is 0 Å². The predicted molar refractivity (Wildman–Crippen MR) is 54.4 cm³/mol. The molecule has 4 rings (SSSR count). The molecular weight excluding hydrogens is 174 g/mol. The molecule has 2 heteroatoms. The van der Waals surface area contributed by atoms with E-state index in [0.717, 1.165) is 37.6 Å². The third-order valence-electron chi connectivity index (χ3n) is 4.86. The number of hydrogen-bond donors (Lipinski definition) is 2. The summed E-state index contributed by atoms with van der Waals surface area (Å²) in [7, 11) is 0. The Morgan fingerprint density at radius 3 is 2.29 bits per heavy atom. The molecule has 4 fully saturated rings. The molecule has 0 aromatic heterocycles. The van der Waals surface area contributed by atoms with Crippen molar-refractivity contribution in [1.82, 2.24) is 0 Å². The fourth-order valence-corrected chi connectivity index (χ4v) is 5.07. The van der Waals surface area contributed by atoms with Gasteiger partial charge in [-0.3, -0.25) is 0 Å². The van der Waals surface area contributed by atoms with Crippen LogP contribution in [0.4, 0.5) is 0 Å². The first-order chi connectivity index (χ1) is 6.63. The van der Waals surface area contributed by atoms with E-state index in [1.807, 2.05) is 0 Å². The third kappa shape index (κ3) is 1.24. The van der Waals surface area contributed by atoms with Crippen LogP contribution in [-0.2, 0) is 0 Å². The van der Waals surface area contributed by atoms with Crippen LogP contribution in [0.5, 0.6) is 0 Å². The van der Waals surface area contributed by atoms with Gasteiger partial charge in [-0.25, -0.2) is 0 Å². The van der Waals surface area contributed by atoms with E-state index in [2.05, 4.69) is 5.73 Å². The number of hydrogen-bond acceptors (Lipinski definition) is 1. The summed E-state index contributed by atoms with van der Waals surface area (Å²) in [5, 5.41) is 10.5. The zero-order valence-corrected chi connectivity index (χ0v) is 8.97. The molecule has 14 heavy (non-hydrogen) atoms. The second-order valence-corrected chi connectivity index (χ2v) is 6.29. The van der Waals surface area contributed by atoms with Crippen molar-refractivity contribution in [2.45, 2.75) is 50.5 Å². The molecule has 0 saturated heterocycles. The van der Waals surface area contributed by atoms with Gasteiger partial charge in [-0.2, -0.15) is 0 Å². The lowest BCUT2D eigenvalue weighted by molar-refractivity contribution is -0.375. The predicted octanol–water partition coefficient (Wildman–Crippen LogP) is 0.950. The molecule has 4 aliphatic rings. The van der Waals surface area contributed by atoms with Crippen molar-refractivity contribution in [2.75, 3.05) is 6.54 Å². The summed E-state index contributed by atoms with van der Waals surface area (Å²) in [6, 6.07) is 0. The van der Waals surface area contributed by atoms with Crippen LogP contribution in [0.25, 0.3) is 0 Å². The van der Waals surface area contributed by atoms with E-state index < -0.39 is 0 Å². The summed E-state index contributed by atoms with van der Waals surface area (Å²) in [4.78, 5) is 0. The lowest BCUT2D eigenvalue weighted by Gasteiger charge is -2.60. The Bertz CT molecular complexity index is 237. The van der Waals surface area contributed by atoms with Gasteiger partial charge < -0.3 is 10.8 Å². The highest BCUT2D eigenvalue weighted by atomic mass is 16.3. The first-order valence-electron chi connectivity index (χ1n) is 6.15. The van der Waals surface area contributed by atoms with Gasteiger partial charge in [-0.05, 0) is 55.8 Å². The molecule has 2 unspecified atom stereocenters. The van der Waals surface area contributed by atoms with Crippen molar-refractivity contribution in [1.29, 1.82) is 0 Å². The van der Waals surface area contributed by atoms with Gasteiger partial charge in [0.1, 0.15) is 0 Å². The fraction of sp³-hybridized carbons (Fsp3) is 1.00. The third-order valence-corrected chi connectivity index (χ3v) is 4.86. The van der Waals surface area contributed by atoms with E-state index in [0.29, 0.717) is 5.41 Å². The molecule has 4 atom stereocenters. The second kappa shape index (κ2) is 2.73. The van der Waals surface area contributed by atoms with Crippen LogP contribution < -0.4 is 5.73 Å². The molecule has 0 aromatic rings. The standard InChI is InChI=1S/C12H21NO/c13-2-1-11-4-9-3-10(5-11)7-12(14,6-9)8-11/h9-10,14H,1-8,13H2/p+1/t9-,10+,11?,12?. The molecule has 0 spiro atoms. The minimum atomic E-state index is -0.265. The van der Waals surface area contributed by atoms with Gasteiger partial charge in [0.15, 0.2) is 0 Å². The molecule has 0 heterocycles. The van der Waals surface area contributed by atoms with E-state index in [4.69, 9.17) is 0 Å². The number of aliphatic hydroxyl groups is 1. The number of rotatable bonds is 2. The zero-order chi connectivity index (χ0) is 9.81. The summed E-state index contributed by atoms with van der Waals surface area (Å²) < 4.78 is 0. The van der Waals surface area contributed by atoms with E-state index in [1.165, 1.54) is 25.7 Å². The molecule has 80 valence electrons. The Labute approximate surface area is 85.9 Å². The van der Waals surface area contributed by atoms with Gasteiger partial charge in [0.05, 0.1) is 12.1 Å². The van der Waals surface area contributed by atoms with Crippen molar-refractivity contribution in [3.05, 3.63) is 0 Å². The van der Waals surface area contributed by atoms with Crippen LogP contribution in [0.1, 0.15) is 44.9 Å². The Hall–Kier alpha value is -0.0800. The summed E-state index contributed by atoms with van der Waals surface area (Å²) in [5.74, 6) is 1.68. The summed E-state index contributed by atoms with van der Waals surface area (Å²) >= 11 is 0. The highest BCUT2D eigenvalue weighted by Gasteiger charge is 2.56. The maximum Gasteiger partial charge on any atom is 0.0745 e. The molecule has 0 aromatic carbocycles. The lowest BCUT2D eigenvalue weighted by Crippen LogP contribution is -2.59. The molecule has 0 aliphatic heterocycles. The lowest BCUT2D eigenvalue weighted by atomic mass is 9.47. The van der Waals surface area contributed by atoms with Gasteiger partial charge in [-0.15, -0.1) is 0 Å². The van der Waals surface area contributed by atoms with Crippen LogP contribution in [0, 0.1) is 17.3 Å². The minimum absolute atomic E-state index is 0.265. The van der Waals surface area contributed by atoms with Crippen LogP contribution in [0.2, 0.25) is 0 Å². The van der Waals surface area contributed by atoms with E-state index >= 15 is 0 Å². The molecule has 4 saturated carbocycles. The Kier molecular flexibility index (Phi) is 1.79. The summed E-state index contributed by atoms with van der Waals surface area (Å²) in [6.07, 6.45) is 8.72. The molecule has 0 amide bonds. The van der Waals surface area contributed by atoms with E-state index in [1.54, 1.807) is 0 Å². The SMILES string of the molecule is [NH3+]CCC12C[C@@H]3C[C@@H](CC(O)(C3)C1)C2. The zero-order valence-electron chi connectivity index (χ0n) is 8.97. The van der Waals surface area contributed by atoms with Crippen LogP contribution in [-0.4, -0.2) is 17.3 Å². The number of quaternary nitrogens is 1. The maximum atomic E-state index is 10.5. The van der Waals surface area contributed by atoms with E-state index in [9.17, 15) is 5.11 Å². The highest BCUT2D eigenvalue weighted by molar-refractivity contribution is 5.07. The highest BCUT2D eigenvalue weighted by Crippen LogP contribution is 2.62. The molecule has 2 nitrogen and oxygen atoms in total. The van der Waals surface area contributed by atoms with Crippen molar-refractivity contribution >= 4 is 0 Å². The Morgan fingerprint density at radius 1 is 1.14 bits per heavy atom. The normalized spacial score (nSPS) is 55.3. The Morgan fingerprint density at radius 2 is 1.79 bits per heavy atom. The van der Waals surface area contributed by atoms with Gasteiger partial charge >= 0.3 is 0 Å². The summed E-state index contributed by atoms with van der Waals surface area (Å²) in [6.45, 7) is 1.05. The van der Waals surface area contributed by atoms with Crippen molar-refractivity contribution in [3.8, 4) is 0 Å².